The molecule has 2 aromatic carbocycles. The van der Waals surface area contributed by atoms with Gasteiger partial charge >= 0.3 is 0 Å². The van der Waals surface area contributed by atoms with Crippen molar-refractivity contribution in [2.45, 2.75) is 13.3 Å². The highest BCUT2D eigenvalue weighted by molar-refractivity contribution is 6.32. The van der Waals surface area contributed by atoms with Crippen LogP contribution in [0.15, 0.2) is 53.5 Å². The standard InChI is InChI=1S/C20H15ClFN3O2/c1-11-9-14(24-25-20(11)26)10-13-5-6-15(21)19(17(13)22)27-16-4-2-3-12-7-8-23-18(12)16/h2-9,23H,10H2,1H3,(H,25,26). The van der Waals surface area contributed by atoms with E-state index in [0.29, 0.717) is 22.6 Å². The molecule has 0 aliphatic carbocycles. The fourth-order valence-electron chi connectivity index (χ4n) is 2.90. The van der Waals surface area contributed by atoms with Gasteiger partial charge in [-0.3, -0.25) is 4.79 Å². The van der Waals surface area contributed by atoms with Crippen LogP contribution in [-0.2, 0) is 6.42 Å². The summed E-state index contributed by atoms with van der Waals surface area (Å²) < 4.78 is 20.9. The number of nitrogens with zero attached hydrogens (tertiary/aromatic N) is 1. The minimum absolute atomic E-state index is 0.0441. The van der Waals surface area contributed by atoms with E-state index < -0.39 is 5.82 Å². The molecule has 0 spiro atoms. The second-order valence-electron chi connectivity index (χ2n) is 6.20. The number of aryl methyl sites for hydroxylation is 1. The molecule has 4 rings (SSSR count). The fraction of sp³-hybridized carbons (Fsp3) is 0.100. The SMILES string of the molecule is Cc1cc(Cc2ccc(Cl)c(Oc3cccc4cc[nH]c34)c2F)n[nH]c1=O. The van der Waals surface area contributed by atoms with Gasteiger partial charge in [0.1, 0.15) is 0 Å². The first-order valence-electron chi connectivity index (χ1n) is 8.29. The molecule has 2 N–H and O–H groups in total. The summed E-state index contributed by atoms with van der Waals surface area (Å²) in [6.07, 6.45) is 1.99. The monoisotopic (exact) mass is 383 g/mol. The Morgan fingerprint density at radius 3 is 2.89 bits per heavy atom. The number of aromatic amines is 2. The molecule has 4 aromatic rings. The number of hydrogen-bond acceptors (Lipinski definition) is 3. The van der Waals surface area contributed by atoms with Crippen LogP contribution >= 0.6 is 11.6 Å². The Hall–Kier alpha value is -3.12. The molecule has 0 fully saturated rings. The first kappa shape index (κ1) is 17.3. The molecule has 0 atom stereocenters. The molecule has 7 heteroatoms. The van der Waals surface area contributed by atoms with Gasteiger partial charge in [0, 0.05) is 23.6 Å². The van der Waals surface area contributed by atoms with Gasteiger partial charge in [-0.25, -0.2) is 9.49 Å². The highest BCUT2D eigenvalue weighted by Crippen LogP contribution is 2.36. The second-order valence-corrected chi connectivity index (χ2v) is 6.61. The maximum Gasteiger partial charge on any atom is 0.267 e. The fourth-order valence-corrected chi connectivity index (χ4v) is 3.08. The predicted octanol–water partition coefficient (Wildman–Crippen LogP) is 4.74. The van der Waals surface area contributed by atoms with Gasteiger partial charge in [0.15, 0.2) is 17.3 Å². The quantitative estimate of drug-likeness (QED) is 0.535. The number of H-pyrrole nitrogens is 2. The van der Waals surface area contributed by atoms with Crippen molar-refractivity contribution in [1.82, 2.24) is 15.2 Å². The number of aromatic nitrogens is 3. The molecule has 2 aromatic heterocycles. The van der Waals surface area contributed by atoms with E-state index >= 15 is 4.39 Å². The van der Waals surface area contributed by atoms with Crippen LogP contribution in [0, 0.1) is 12.7 Å². The van der Waals surface area contributed by atoms with Gasteiger partial charge in [-0.05, 0) is 36.8 Å². The molecule has 0 saturated heterocycles. The summed E-state index contributed by atoms with van der Waals surface area (Å²) in [5, 5.41) is 7.49. The molecule has 0 radical (unpaired) electrons. The third-order valence-corrected chi connectivity index (χ3v) is 4.60. The van der Waals surface area contributed by atoms with Crippen molar-refractivity contribution < 1.29 is 9.13 Å². The van der Waals surface area contributed by atoms with Crippen LogP contribution in [0.1, 0.15) is 16.8 Å². The van der Waals surface area contributed by atoms with Crippen LogP contribution in [0.5, 0.6) is 11.5 Å². The van der Waals surface area contributed by atoms with E-state index in [-0.39, 0.29) is 22.8 Å². The van der Waals surface area contributed by atoms with Gasteiger partial charge < -0.3 is 9.72 Å². The van der Waals surface area contributed by atoms with Crippen molar-refractivity contribution in [1.29, 1.82) is 0 Å². The lowest BCUT2D eigenvalue weighted by Gasteiger charge is -2.12. The zero-order valence-corrected chi connectivity index (χ0v) is 15.1. The smallest absolute Gasteiger partial charge is 0.267 e. The number of halogens is 2. The second kappa shape index (κ2) is 6.89. The molecule has 0 aliphatic heterocycles. The third kappa shape index (κ3) is 3.31. The van der Waals surface area contributed by atoms with Gasteiger partial charge in [0.2, 0.25) is 0 Å². The van der Waals surface area contributed by atoms with Crippen LogP contribution in [0.25, 0.3) is 10.9 Å². The van der Waals surface area contributed by atoms with E-state index in [1.165, 1.54) is 0 Å². The first-order chi connectivity index (χ1) is 13.0. The number of para-hydroxylation sites is 1. The highest BCUT2D eigenvalue weighted by atomic mass is 35.5. The maximum atomic E-state index is 15.1. The summed E-state index contributed by atoms with van der Waals surface area (Å²) in [5.41, 5.74) is 1.93. The lowest BCUT2D eigenvalue weighted by Crippen LogP contribution is -2.13. The van der Waals surface area contributed by atoms with Gasteiger partial charge in [0.05, 0.1) is 16.2 Å². The molecular weight excluding hydrogens is 369 g/mol. The molecule has 0 saturated carbocycles. The van der Waals surface area contributed by atoms with Crippen molar-refractivity contribution in [3.8, 4) is 11.5 Å². The zero-order valence-electron chi connectivity index (χ0n) is 14.3. The normalized spacial score (nSPS) is 11.1. The van der Waals surface area contributed by atoms with Gasteiger partial charge in [0.25, 0.3) is 5.56 Å². The third-order valence-electron chi connectivity index (χ3n) is 4.30. The zero-order chi connectivity index (χ0) is 19.0. The molecule has 0 bridgehead atoms. The van der Waals surface area contributed by atoms with Gasteiger partial charge in [-0.15, -0.1) is 0 Å². The van der Waals surface area contributed by atoms with Crippen LogP contribution < -0.4 is 10.3 Å². The van der Waals surface area contributed by atoms with E-state index in [2.05, 4.69) is 15.2 Å². The van der Waals surface area contributed by atoms with Crippen molar-refractivity contribution in [3.63, 3.8) is 0 Å². The van der Waals surface area contributed by atoms with Gasteiger partial charge in [-0.2, -0.15) is 5.10 Å². The Labute approximate surface area is 158 Å². The molecule has 5 nitrogen and oxygen atoms in total. The van der Waals surface area contributed by atoms with Gasteiger partial charge in [-0.1, -0.05) is 29.8 Å². The lowest BCUT2D eigenvalue weighted by molar-refractivity contribution is 0.442. The lowest BCUT2D eigenvalue weighted by atomic mass is 10.1. The Bertz CT molecular complexity index is 1200. The number of hydrogen-bond donors (Lipinski definition) is 2. The number of rotatable bonds is 4. The summed E-state index contributed by atoms with van der Waals surface area (Å²) >= 11 is 6.19. The molecular formula is C20H15ClFN3O2. The Morgan fingerprint density at radius 1 is 1.22 bits per heavy atom. The summed E-state index contributed by atoms with van der Waals surface area (Å²) in [7, 11) is 0. The highest BCUT2D eigenvalue weighted by Gasteiger charge is 2.17. The Morgan fingerprint density at radius 2 is 2.07 bits per heavy atom. The number of ether oxygens (including phenoxy) is 1. The number of fused-ring (bicyclic) bond motifs is 1. The molecule has 0 amide bonds. The van der Waals surface area contributed by atoms with E-state index in [1.54, 1.807) is 37.4 Å². The average molecular weight is 384 g/mol. The van der Waals surface area contributed by atoms with E-state index in [4.69, 9.17) is 16.3 Å². The molecule has 2 heterocycles. The summed E-state index contributed by atoms with van der Waals surface area (Å²) in [4.78, 5) is 14.5. The molecule has 136 valence electrons. The van der Waals surface area contributed by atoms with E-state index in [0.717, 1.165) is 10.9 Å². The van der Waals surface area contributed by atoms with Crippen molar-refractivity contribution in [2.75, 3.05) is 0 Å². The molecule has 0 unspecified atom stereocenters. The topological polar surface area (TPSA) is 70.8 Å². The summed E-state index contributed by atoms with van der Waals surface area (Å²) in [6.45, 7) is 1.67. The van der Waals surface area contributed by atoms with Crippen LogP contribution in [0.4, 0.5) is 4.39 Å². The molecule has 27 heavy (non-hydrogen) atoms. The Balaban J connectivity index is 1.71. The van der Waals surface area contributed by atoms with Crippen LogP contribution in [-0.4, -0.2) is 15.2 Å². The summed E-state index contributed by atoms with van der Waals surface area (Å²) in [6, 6.07) is 12.2. The van der Waals surface area contributed by atoms with Crippen molar-refractivity contribution in [2.24, 2.45) is 0 Å². The summed E-state index contributed by atoms with van der Waals surface area (Å²) in [5.74, 6) is -0.123. The van der Waals surface area contributed by atoms with E-state index in [9.17, 15) is 4.79 Å². The largest absolute Gasteiger partial charge is 0.450 e. The van der Waals surface area contributed by atoms with Crippen LogP contribution in [0.2, 0.25) is 5.02 Å². The van der Waals surface area contributed by atoms with Crippen molar-refractivity contribution in [3.05, 3.63) is 86.7 Å². The maximum absolute atomic E-state index is 15.1. The minimum atomic E-state index is -0.559. The number of benzene rings is 2. The Kier molecular flexibility index (Phi) is 4.41. The minimum Gasteiger partial charge on any atom is -0.450 e. The number of nitrogens with one attached hydrogen (secondary N) is 2. The average Bonchev–Trinajstić information content (AvgIpc) is 3.13. The van der Waals surface area contributed by atoms with Crippen LogP contribution in [0.3, 0.4) is 0 Å². The first-order valence-corrected chi connectivity index (χ1v) is 8.67. The molecule has 0 aliphatic rings. The van der Waals surface area contributed by atoms with E-state index in [1.807, 2.05) is 18.2 Å². The predicted molar refractivity (Wildman–Crippen MR) is 102 cm³/mol. The van der Waals surface area contributed by atoms with Crippen molar-refractivity contribution >= 4 is 22.5 Å².